The lowest BCUT2D eigenvalue weighted by Gasteiger charge is -2.35. The predicted octanol–water partition coefficient (Wildman–Crippen LogP) is 7.50. The molecule has 0 aliphatic heterocycles. The van der Waals surface area contributed by atoms with Crippen LogP contribution in [0.3, 0.4) is 0 Å². The minimum atomic E-state index is -4.17. The summed E-state index contributed by atoms with van der Waals surface area (Å²) in [7, 11) is -4.17. The molecule has 7 nitrogen and oxygen atoms in total. The summed E-state index contributed by atoms with van der Waals surface area (Å²) in [5.74, 6) is -0.721. The fourth-order valence-corrected chi connectivity index (χ4v) is 7.87. The molecule has 252 valence electrons. The van der Waals surface area contributed by atoms with Crippen molar-refractivity contribution >= 4 is 39.1 Å². The largest absolute Gasteiger partial charge is 0.352 e. The van der Waals surface area contributed by atoms with Gasteiger partial charge in [0.2, 0.25) is 11.8 Å². The smallest absolute Gasteiger partial charge is 0.264 e. The average molecular weight is 686 g/mol. The molecule has 5 rings (SSSR count). The molecular weight excluding hydrogens is 642 g/mol. The Morgan fingerprint density at radius 1 is 0.833 bits per heavy atom. The maximum Gasteiger partial charge on any atom is 0.264 e. The number of anilines is 1. The monoisotopic (exact) mass is 685 g/mol. The highest BCUT2D eigenvalue weighted by molar-refractivity contribution is 7.92. The fourth-order valence-electron chi connectivity index (χ4n) is 6.29. The Morgan fingerprint density at radius 3 is 2.15 bits per heavy atom. The van der Waals surface area contributed by atoms with Crippen LogP contribution in [0.1, 0.15) is 61.3 Å². The number of aryl methyl sites for hydroxylation is 2. The molecule has 0 bridgehead atoms. The first-order valence-electron chi connectivity index (χ1n) is 16.7. The van der Waals surface area contributed by atoms with Crippen molar-refractivity contribution in [3.63, 3.8) is 0 Å². The topological polar surface area (TPSA) is 86.8 Å². The molecule has 48 heavy (non-hydrogen) atoms. The molecule has 1 fully saturated rings. The normalized spacial score (nSPS) is 14.2. The summed E-state index contributed by atoms with van der Waals surface area (Å²) < 4.78 is 30.0. The Balaban J connectivity index is 1.58. The second-order valence-electron chi connectivity index (χ2n) is 12.5. The van der Waals surface area contributed by atoms with Crippen molar-refractivity contribution in [3.05, 3.63) is 130 Å². The van der Waals surface area contributed by atoms with Crippen LogP contribution in [-0.4, -0.2) is 43.8 Å². The van der Waals surface area contributed by atoms with Crippen LogP contribution in [-0.2, 0) is 39.0 Å². The highest BCUT2D eigenvalue weighted by atomic mass is 35.5. The van der Waals surface area contributed by atoms with Crippen LogP contribution < -0.4 is 9.62 Å². The van der Waals surface area contributed by atoms with Gasteiger partial charge in [-0.3, -0.25) is 13.9 Å². The second kappa shape index (κ2) is 16.3. The Bertz CT molecular complexity index is 1770. The molecule has 0 unspecified atom stereocenters. The molecule has 0 saturated heterocycles. The van der Waals surface area contributed by atoms with Crippen LogP contribution in [0.4, 0.5) is 5.69 Å². The highest BCUT2D eigenvalue weighted by Gasteiger charge is 2.36. The summed E-state index contributed by atoms with van der Waals surface area (Å²) in [6.45, 7) is 3.46. The quantitative estimate of drug-likeness (QED) is 0.158. The SMILES string of the molecule is CCc1ccccc1N(CC(=O)N(Cc1ccc(Cl)cc1)[C@H](Cc1ccccc1)C(=O)NC1CCCCC1)S(=O)(=O)c1ccc(C)cc1. The van der Waals surface area contributed by atoms with E-state index in [0.29, 0.717) is 17.1 Å². The number of sulfonamides is 1. The number of nitrogens with one attached hydrogen (secondary N) is 1. The molecule has 1 aliphatic carbocycles. The third-order valence-electron chi connectivity index (χ3n) is 9.02. The van der Waals surface area contributed by atoms with E-state index in [1.165, 1.54) is 4.31 Å². The third-order valence-corrected chi connectivity index (χ3v) is 11.0. The Hall–Kier alpha value is -4.14. The maximum atomic E-state index is 14.8. The van der Waals surface area contributed by atoms with E-state index in [1.807, 2.05) is 68.4 Å². The lowest BCUT2D eigenvalue weighted by molar-refractivity contribution is -0.140. The van der Waals surface area contributed by atoms with Gasteiger partial charge in [-0.05, 0) is 73.2 Å². The Kier molecular flexibility index (Phi) is 12.0. The van der Waals surface area contributed by atoms with E-state index >= 15 is 0 Å². The standard InChI is InChI=1S/C39H44ClN3O4S/c1-3-32-14-10-11-17-36(32)43(48(46,47)35-24-18-29(2)19-25-35)28-38(44)42(27-31-20-22-33(40)23-21-31)37(26-30-12-6-4-7-13-30)39(45)41-34-15-8-5-9-16-34/h4,6-7,10-14,17-25,34,37H,3,5,8-9,15-16,26-28H2,1-2H3,(H,41,45)/t37-/m1/s1. The number of hydrogen-bond acceptors (Lipinski definition) is 4. The number of amides is 2. The van der Waals surface area contributed by atoms with E-state index in [-0.39, 0.29) is 29.8 Å². The molecule has 0 heterocycles. The second-order valence-corrected chi connectivity index (χ2v) is 14.8. The summed E-state index contributed by atoms with van der Waals surface area (Å²) >= 11 is 6.20. The van der Waals surface area contributed by atoms with Crippen LogP contribution in [0.5, 0.6) is 0 Å². The van der Waals surface area contributed by atoms with Gasteiger partial charge < -0.3 is 10.2 Å². The van der Waals surface area contributed by atoms with Gasteiger partial charge in [-0.15, -0.1) is 0 Å². The number of carbonyl (C=O) groups is 2. The van der Waals surface area contributed by atoms with Crippen molar-refractivity contribution in [1.29, 1.82) is 0 Å². The lowest BCUT2D eigenvalue weighted by Crippen LogP contribution is -2.55. The molecule has 1 atom stereocenters. The first-order chi connectivity index (χ1) is 23.2. The Morgan fingerprint density at radius 2 is 1.48 bits per heavy atom. The zero-order valence-electron chi connectivity index (χ0n) is 27.6. The minimum absolute atomic E-state index is 0.0341. The number of para-hydroxylation sites is 1. The molecule has 0 radical (unpaired) electrons. The molecule has 4 aromatic rings. The average Bonchev–Trinajstić information content (AvgIpc) is 3.10. The van der Waals surface area contributed by atoms with E-state index in [0.717, 1.165) is 54.4 Å². The van der Waals surface area contributed by atoms with Gasteiger partial charge in [-0.1, -0.05) is 116 Å². The van der Waals surface area contributed by atoms with Crippen molar-refractivity contribution in [2.75, 3.05) is 10.8 Å². The van der Waals surface area contributed by atoms with Gasteiger partial charge in [0.05, 0.1) is 10.6 Å². The van der Waals surface area contributed by atoms with Gasteiger partial charge in [0.1, 0.15) is 12.6 Å². The summed E-state index contributed by atoms with van der Waals surface area (Å²) in [5.41, 5.74) is 3.83. The van der Waals surface area contributed by atoms with E-state index in [4.69, 9.17) is 11.6 Å². The molecule has 1 aliphatic rings. The lowest BCUT2D eigenvalue weighted by atomic mass is 9.94. The predicted molar refractivity (Wildman–Crippen MR) is 192 cm³/mol. The zero-order valence-corrected chi connectivity index (χ0v) is 29.2. The van der Waals surface area contributed by atoms with Crippen molar-refractivity contribution in [1.82, 2.24) is 10.2 Å². The molecule has 4 aromatic carbocycles. The van der Waals surface area contributed by atoms with E-state index in [2.05, 4.69) is 5.32 Å². The van der Waals surface area contributed by atoms with Gasteiger partial charge in [0.25, 0.3) is 10.0 Å². The molecule has 1 saturated carbocycles. The summed E-state index contributed by atoms with van der Waals surface area (Å²) in [5, 5.41) is 3.80. The van der Waals surface area contributed by atoms with Gasteiger partial charge >= 0.3 is 0 Å². The maximum absolute atomic E-state index is 14.8. The zero-order chi connectivity index (χ0) is 34.1. The Labute approximate surface area is 290 Å². The molecule has 1 N–H and O–H groups in total. The van der Waals surface area contributed by atoms with Crippen molar-refractivity contribution < 1.29 is 18.0 Å². The summed E-state index contributed by atoms with van der Waals surface area (Å²) in [4.78, 5) is 30.7. The number of benzene rings is 4. The minimum Gasteiger partial charge on any atom is -0.352 e. The van der Waals surface area contributed by atoms with Crippen LogP contribution in [0.15, 0.2) is 108 Å². The number of halogens is 1. The number of nitrogens with zero attached hydrogens (tertiary/aromatic N) is 2. The molecule has 2 amide bonds. The molecule has 9 heteroatoms. The van der Waals surface area contributed by atoms with Crippen molar-refractivity contribution in [2.24, 2.45) is 0 Å². The van der Waals surface area contributed by atoms with Crippen LogP contribution in [0, 0.1) is 6.92 Å². The number of hydrogen-bond donors (Lipinski definition) is 1. The van der Waals surface area contributed by atoms with Crippen molar-refractivity contribution in [2.45, 2.75) is 82.3 Å². The van der Waals surface area contributed by atoms with Crippen LogP contribution in [0.2, 0.25) is 5.02 Å². The summed E-state index contributed by atoms with van der Waals surface area (Å²) in [6, 6.07) is 29.8. The first-order valence-corrected chi connectivity index (χ1v) is 18.5. The van der Waals surface area contributed by atoms with Crippen molar-refractivity contribution in [3.8, 4) is 0 Å². The first kappa shape index (κ1) is 35.2. The third kappa shape index (κ3) is 8.85. The molecule has 0 aromatic heterocycles. The number of rotatable bonds is 13. The van der Waals surface area contributed by atoms with Crippen LogP contribution in [0.25, 0.3) is 0 Å². The fraction of sp³-hybridized carbons (Fsp3) is 0.333. The number of carbonyl (C=O) groups excluding carboxylic acids is 2. The highest BCUT2D eigenvalue weighted by Crippen LogP contribution is 2.29. The van der Waals surface area contributed by atoms with Gasteiger partial charge in [0.15, 0.2) is 0 Å². The molecular formula is C39H44ClN3O4S. The van der Waals surface area contributed by atoms with Gasteiger partial charge in [-0.25, -0.2) is 8.42 Å². The van der Waals surface area contributed by atoms with Crippen LogP contribution >= 0.6 is 11.6 Å². The van der Waals surface area contributed by atoms with Gasteiger partial charge in [0, 0.05) is 24.0 Å². The van der Waals surface area contributed by atoms with E-state index < -0.39 is 28.5 Å². The summed E-state index contributed by atoms with van der Waals surface area (Å²) in [6.07, 6.45) is 5.87. The van der Waals surface area contributed by atoms with E-state index in [9.17, 15) is 18.0 Å². The molecule has 0 spiro atoms. The van der Waals surface area contributed by atoms with Gasteiger partial charge in [-0.2, -0.15) is 0 Å². The van der Waals surface area contributed by atoms with E-state index in [1.54, 1.807) is 53.4 Å².